The summed E-state index contributed by atoms with van der Waals surface area (Å²) in [4.78, 5) is 4.26. The van der Waals surface area contributed by atoms with Gasteiger partial charge in [-0.2, -0.15) is 0 Å². The molecule has 1 unspecified atom stereocenters. The topological polar surface area (TPSA) is 97.1 Å². The summed E-state index contributed by atoms with van der Waals surface area (Å²) < 4.78 is 32.1. The molecule has 0 amide bonds. The summed E-state index contributed by atoms with van der Waals surface area (Å²) in [7, 11) is -3.74. The Morgan fingerprint density at radius 1 is 1.32 bits per heavy atom. The maximum absolute atomic E-state index is 12.4. The summed E-state index contributed by atoms with van der Waals surface area (Å²) in [6.45, 7) is 7.27. The highest BCUT2D eigenvalue weighted by Gasteiger charge is 2.24. The van der Waals surface area contributed by atoms with Gasteiger partial charge in [-0.05, 0) is 39.3 Å². The van der Waals surface area contributed by atoms with Crippen LogP contribution in [0.25, 0.3) is 0 Å². The predicted octanol–water partition coefficient (Wildman–Crippen LogP) is 2.70. The zero-order valence-corrected chi connectivity index (χ0v) is 13.9. The van der Waals surface area contributed by atoms with Crippen LogP contribution in [-0.2, 0) is 10.0 Å². The minimum Gasteiger partial charge on any atom is -0.368 e. The summed E-state index contributed by atoms with van der Waals surface area (Å²) in [5.41, 5.74) is 0.711. The van der Waals surface area contributed by atoms with Crippen LogP contribution in [0.4, 0.5) is 11.5 Å². The minimum absolute atomic E-state index is 0.0642. The molecule has 8 heteroatoms. The van der Waals surface area contributed by atoms with Crippen molar-refractivity contribution in [3.63, 3.8) is 0 Å². The number of sulfonamides is 1. The molecule has 0 saturated carbocycles. The molecule has 1 atom stereocenters. The predicted molar refractivity (Wildman–Crippen MR) is 84.4 cm³/mol. The Balaban J connectivity index is 2.17. The largest absolute Gasteiger partial charge is 0.368 e. The molecule has 2 N–H and O–H groups in total. The van der Waals surface area contributed by atoms with Crippen LogP contribution >= 0.6 is 0 Å². The monoisotopic (exact) mass is 324 g/mol. The van der Waals surface area contributed by atoms with Gasteiger partial charge in [-0.3, -0.25) is 4.72 Å². The molecule has 0 aliphatic carbocycles. The molecule has 22 heavy (non-hydrogen) atoms. The molecule has 0 saturated heterocycles. The lowest BCUT2D eigenvalue weighted by Crippen LogP contribution is -2.16. The Hall–Kier alpha value is -2.09. The van der Waals surface area contributed by atoms with E-state index in [-0.39, 0.29) is 10.7 Å². The number of hydrogen-bond acceptors (Lipinski definition) is 6. The Bertz CT molecular complexity index is 718. The van der Waals surface area contributed by atoms with E-state index >= 15 is 0 Å². The number of aromatic nitrogens is 2. The molecule has 7 nitrogen and oxygen atoms in total. The van der Waals surface area contributed by atoms with Crippen molar-refractivity contribution in [2.75, 3.05) is 10.0 Å². The summed E-state index contributed by atoms with van der Waals surface area (Å²) >= 11 is 0. The molecule has 0 spiro atoms. The van der Waals surface area contributed by atoms with Crippen molar-refractivity contribution in [2.24, 2.45) is 0 Å². The van der Waals surface area contributed by atoms with Gasteiger partial charge < -0.3 is 9.84 Å². The van der Waals surface area contributed by atoms with E-state index in [4.69, 9.17) is 4.52 Å². The normalized spacial score (nSPS) is 12.9. The molecule has 2 heterocycles. The van der Waals surface area contributed by atoms with Gasteiger partial charge in [0, 0.05) is 6.04 Å². The molecule has 0 aliphatic rings. The van der Waals surface area contributed by atoms with Gasteiger partial charge in [0.25, 0.3) is 10.0 Å². The van der Waals surface area contributed by atoms with Crippen molar-refractivity contribution in [3.05, 3.63) is 29.8 Å². The smallest absolute Gasteiger partial charge is 0.267 e. The van der Waals surface area contributed by atoms with Crippen LogP contribution in [-0.4, -0.2) is 24.6 Å². The average molecular weight is 324 g/mol. The first-order valence-corrected chi connectivity index (χ1v) is 8.50. The summed E-state index contributed by atoms with van der Waals surface area (Å²) in [5.74, 6) is 0.961. The number of hydrogen-bond donors (Lipinski definition) is 2. The van der Waals surface area contributed by atoms with Crippen LogP contribution < -0.4 is 10.0 Å². The fraction of sp³-hybridized carbons (Fsp3) is 0.429. The van der Waals surface area contributed by atoms with E-state index in [1.165, 1.54) is 6.20 Å². The Morgan fingerprint density at radius 3 is 2.55 bits per heavy atom. The third kappa shape index (κ3) is 3.56. The van der Waals surface area contributed by atoms with E-state index in [1.807, 2.05) is 0 Å². The molecular formula is C14H20N4O3S. The number of anilines is 2. The SMILES string of the molecule is CCC(C)Nc1ccc(NS(=O)(=O)c2c(C)noc2C)cn1. The Kier molecular flexibility index (Phi) is 4.70. The third-order valence-electron chi connectivity index (χ3n) is 3.26. The standard InChI is InChI=1S/C14H20N4O3S/c1-5-9(2)16-13-7-6-12(8-15-13)18-22(19,20)14-10(3)17-21-11(14)4/h6-9,18H,5H2,1-4H3,(H,15,16). The molecule has 2 aromatic heterocycles. The van der Waals surface area contributed by atoms with Crippen LogP contribution in [0.5, 0.6) is 0 Å². The van der Waals surface area contributed by atoms with Gasteiger partial charge in [0.05, 0.1) is 11.9 Å². The molecule has 0 radical (unpaired) electrons. The van der Waals surface area contributed by atoms with E-state index in [0.29, 0.717) is 23.2 Å². The molecule has 2 aromatic rings. The lowest BCUT2D eigenvalue weighted by atomic mass is 10.2. The van der Waals surface area contributed by atoms with Gasteiger partial charge in [-0.15, -0.1) is 0 Å². The van der Waals surface area contributed by atoms with E-state index < -0.39 is 10.0 Å². The van der Waals surface area contributed by atoms with E-state index in [1.54, 1.807) is 26.0 Å². The Morgan fingerprint density at radius 2 is 2.05 bits per heavy atom. The minimum atomic E-state index is -3.74. The van der Waals surface area contributed by atoms with Gasteiger partial charge >= 0.3 is 0 Å². The fourth-order valence-electron chi connectivity index (χ4n) is 1.96. The van der Waals surface area contributed by atoms with Crippen molar-refractivity contribution in [2.45, 2.75) is 45.1 Å². The molecule has 0 aromatic carbocycles. The lowest BCUT2D eigenvalue weighted by molar-refractivity contribution is 0.390. The summed E-state index contributed by atoms with van der Waals surface area (Å²) in [5, 5.41) is 6.87. The molecule has 2 rings (SSSR count). The van der Waals surface area contributed by atoms with Crippen LogP contribution in [0.15, 0.2) is 27.7 Å². The quantitative estimate of drug-likeness (QED) is 0.848. The van der Waals surface area contributed by atoms with Crippen molar-refractivity contribution in [1.29, 1.82) is 0 Å². The second kappa shape index (κ2) is 6.35. The highest BCUT2D eigenvalue weighted by atomic mass is 32.2. The van der Waals surface area contributed by atoms with E-state index in [2.05, 4.69) is 34.0 Å². The van der Waals surface area contributed by atoms with Gasteiger partial charge in [-0.1, -0.05) is 12.1 Å². The highest BCUT2D eigenvalue weighted by molar-refractivity contribution is 7.92. The van der Waals surface area contributed by atoms with Crippen molar-refractivity contribution >= 4 is 21.5 Å². The van der Waals surface area contributed by atoms with Crippen molar-refractivity contribution in [3.8, 4) is 0 Å². The third-order valence-corrected chi connectivity index (χ3v) is 4.88. The summed E-state index contributed by atoms with van der Waals surface area (Å²) in [6, 6.07) is 3.70. The first kappa shape index (κ1) is 16.3. The number of rotatable bonds is 6. The van der Waals surface area contributed by atoms with Crippen molar-refractivity contribution in [1.82, 2.24) is 10.1 Å². The number of nitrogens with one attached hydrogen (secondary N) is 2. The van der Waals surface area contributed by atoms with E-state index in [9.17, 15) is 8.42 Å². The zero-order chi connectivity index (χ0) is 16.3. The molecule has 0 fully saturated rings. The molecular weight excluding hydrogens is 304 g/mol. The van der Waals surface area contributed by atoms with E-state index in [0.717, 1.165) is 6.42 Å². The van der Waals surface area contributed by atoms with Crippen LogP contribution in [0.2, 0.25) is 0 Å². The number of nitrogens with zero attached hydrogens (tertiary/aromatic N) is 2. The zero-order valence-electron chi connectivity index (χ0n) is 13.0. The second-order valence-corrected chi connectivity index (χ2v) is 6.76. The molecule has 0 aliphatic heterocycles. The maximum Gasteiger partial charge on any atom is 0.267 e. The van der Waals surface area contributed by atoms with Gasteiger partial charge in [-0.25, -0.2) is 13.4 Å². The van der Waals surface area contributed by atoms with Gasteiger partial charge in [0.15, 0.2) is 10.7 Å². The first-order chi connectivity index (χ1) is 10.3. The average Bonchev–Trinajstić information content (AvgIpc) is 2.80. The number of pyridine rings is 1. The first-order valence-electron chi connectivity index (χ1n) is 7.01. The van der Waals surface area contributed by atoms with Gasteiger partial charge in [0.2, 0.25) is 0 Å². The summed E-state index contributed by atoms with van der Waals surface area (Å²) in [6.07, 6.45) is 2.45. The molecule has 0 bridgehead atoms. The van der Waals surface area contributed by atoms with Crippen LogP contribution in [0, 0.1) is 13.8 Å². The lowest BCUT2D eigenvalue weighted by Gasteiger charge is -2.12. The Labute approximate surface area is 130 Å². The maximum atomic E-state index is 12.4. The second-order valence-electron chi connectivity index (χ2n) is 5.14. The highest BCUT2D eigenvalue weighted by Crippen LogP contribution is 2.22. The van der Waals surface area contributed by atoms with Crippen LogP contribution in [0.3, 0.4) is 0 Å². The van der Waals surface area contributed by atoms with Crippen LogP contribution in [0.1, 0.15) is 31.7 Å². The van der Waals surface area contributed by atoms with Gasteiger partial charge in [0.1, 0.15) is 11.5 Å². The molecule has 120 valence electrons. The fourth-order valence-corrected chi connectivity index (χ4v) is 3.33. The van der Waals surface area contributed by atoms with Crippen molar-refractivity contribution < 1.29 is 12.9 Å². The number of aryl methyl sites for hydroxylation is 2.